The van der Waals surface area contributed by atoms with Gasteiger partial charge in [0, 0.05) is 19.2 Å². The molecule has 0 atom stereocenters. The number of carbonyl (C=O) groups is 1. The maximum atomic E-state index is 12.3. The van der Waals surface area contributed by atoms with E-state index in [-0.39, 0.29) is 12.5 Å². The van der Waals surface area contributed by atoms with Gasteiger partial charge in [-0.3, -0.25) is 4.79 Å². The van der Waals surface area contributed by atoms with Crippen LogP contribution in [0.15, 0.2) is 59.3 Å². The van der Waals surface area contributed by atoms with Crippen molar-refractivity contribution in [3.05, 3.63) is 60.5 Å². The summed E-state index contributed by atoms with van der Waals surface area (Å²) in [4.78, 5) is 13.9. The molecule has 140 valence electrons. The van der Waals surface area contributed by atoms with E-state index in [9.17, 15) is 4.79 Å². The van der Waals surface area contributed by atoms with E-state index in [0.29, 0.717) is 24.8 Å². The minimum Gasteiger partial charge on any atom is -0.494 e. The minimum absolute atomic E-state index is 0.0343. The van der Waals surface area contributed by atoms with Gasteiger partial charge in [-0.1, -0.05) is 12.1 Å². The molecule has 0 spiro atoms. The molecule has 1 amide bonds. The van der Waals surface area contributed by atoms with E-state index in [1.165, 1.54) is 6.39 Å². The van der Waals surface area contributed by atoms with Crippen LogP contribution in [-0.4, -0.2) is 41.3 Å². The van der Waals surface area contributed by atoms with Crippen molar-refractivity contribution in [2.45, 2.75) is 13.5 Å². The van der Waals surface area contributed by atoms with Crippen LogP contribution in [0.3, 0.4) is 0 Å². The highest BCUT2D eigenvalue weighted by Crippen LogP contribution is 2.20. The van der Waals surface area contributed by atoms with Gasteiger partial charge in [-0.15, -0.1) is 10.2 Å². The van der Waals surface area contributed by atoms with Crippen molar-refractivity contribution in [2.75, 3.05) is 20.3 Å². The van der Waals surface area contributed by atoms with Crippen molar-refractivity contribution < 1.29 is 18.7 Å². The summed E-state index contributed by atoms with van der Waals surface area (Å²) in [6.07, 6.45) is 1.28. The third-order valence-electron chi connectivity index (χ3n) is 3.90. The Hall–Kier alpha value is -3.35. The van der Waals surface area contributed by atoms with E-state index in [1.54, 1.807) is 36.2 Å². The third kappa shape index (κ3) is 5.07. The second-order valence-corrected chi connectivity index (χ2v) is 5.88. The topological polar surface area (TPSA) is 77.7 Å². The van der Waals surface area contributed by atoms with Crippen LogP contribution in [0.5, 0.6) is 11.5 Å². The Labute approximate surface area is 157 Å². The van der Waals surface area contributed by atoms with Crippen molar-refractivity contribution >= 4 is 5.91 Å². The summed E-state index contributed by atoms with van der Waals surface area (Å²) in [6, 6.07) is 14.8. The zero-order chi connectivity index (χ0) is 19.1. The van der Waals surface area contributed by atoms with Gasteiger partial charge in [0.1, 0.15) is 11.5 Å². The predicted octanol–water partition coefficient (Wildman–Crippen LogP) is 3.17. The number of hydrogen-bond acceptors (Lipinski definition) is 6. The van der Waals surface area contributed by atoms with Crippen molar-refractivity contribution in [2.24, 2.45) is 0 Å². The fraction of sp³-hybridized carbons (Fsp3) is 0.250. The lowest BCUT2D eigenvalue weighted by Gasteiger charge is -2.18. The molecule has 1 aromatic heterocycles. The first-order valence-corrected chi connectivity index (χ1v) is 8.61. The Bertz CT molecular complexity index is 846. The fourth-order valence-corrected chi connectivity index (χ4v) is 2.47. The maximum Gasteiger partial charge on any atom is 0.260 e. The van der Waals surface area contributed by atoms with Crippen LogP contribution in [-0.2, 0) is 11.3 Å². The van der Waals surface area contributed by atoms with Crippen molar-refractivity contribution in [1.29, 1.82) is 0 Å². The summed E-state index contributed by atoms with van der Waals surface area (Å²) in [7, 11) is 1.75. The van der Waals surface area contributed by atoms with E-state index < -0.39 is 0 Å². The van der Waals surface area contributed by atoms with Crippen molar-refractivity contribution in [3.63, 3.8) is 0 Å². The summed E-state index contributed by atoms with van der Waals surface area (Å²) in [6.45, 7) is 3.04. The van der Waals surface area contributed by atoms with Crippen molar-refractivity contribution in [3.8, 4) is 23.0 Å². The number of nitrogens with zero attached hydrogens (tertiary/aromatic N) is 3. The van der Waals surface area contributed by atoms with Gasteiger partial charge in [-0.05, 0) is 48.9 Å². The zero-order valence-corrected chi connectivity index (χ0v) is 15.3. The number of amides is 1. The van der Waals surface area contributed by atoms with Gasteiger partial charge in [0.05, 0.1) is 6.61 Å². The van der Waals surface area contributed by atoms with Gasteiger partial charge in [0.25, 0.3) is 5.91 Å². The number of rotatable bonds is 8. The summed E-state index contributed by atoms with van der Waals surface area (Å²) in [5.41, 5.74) is 1.82. The molecule has 0 saturated carbocycles. The highest BCUT2D eigenvalue weighted by Gasteiger charge is 2.11. The summed E-state index contributed by atoms with van der Waals surface area (Å²) >= 11 is 0. The lowest BCUT2D eigenvalue weighted by Crippen LogP contribution is -2.30. The number of hydrogen-bond donors (Lipinski definition) is 0. The molecule has 0 radical (unpaired) electrons. The lowest BCUT2D eigenvalue weighted by molar-refractivity contribution is -0.132. The molecular weight excluding hydrogens is 346 g/mol. The Balaban J connectivity index is 1.49. The second-order valence-electron chi connectivity index (χ2n) is 5.88. The molecule has 0 unspecified atom stereocenters. The van der Waals surface area contributed by atoms with Gasteiger partial charge >= 0.3 is 0 Å². The van der Waals surface area contributed by atoms with E-state index >= 15 is 0 Å². The molecule has 3 rings (SSSR count). The Kier molecular flexibility index (Phi) is 6.04. The summed E-state index contributed by atoms with van der Waals surface area (Å²) < 4.78 is 16.1. The molecule has 1 heterocycles. The number of carbonyl (C=O) groups excluding carboxylic acids is 1. The molecule has 0 aliphatic rings. The predicted molar refractivity (Wildman–Crippen MR) is 99.3 cm³/mol. The second kappa shape index (κ2) is 8.84. The summed E-state index contributed by atoms with van der Waals surface area (Å²) in [5.74, 6) is 1.75. The molecule has 0 fully saturated rings. The van der Waals surface area contributed by atoms with Gasteiger partial charge < -0.3 is 18.8 Å². The number of ether oxygens (including phenoxy) is 2. The van der Waals surface area contributed by atoms with Gasteiger partial charge in [0.15, 0.2) is 6.61 Å². The van der Waals surface area contributed by atoms with Crippen LogP contribution < -0.4 is 9.47 Å². The molecule has 0 aliphatic carbocycles. The summed E-state index contributed by atoms with van der Waals surface area (Å²) in [5, 5.41) is 7.49. The Morgan fingerprint density at radius 1 is 1.04 bits per heavy atom. The average molecular weight is 367 g/mol. The van der Waals surface area contributed by atoms with E-state index in [4.69, 9.17) is 13.9 Å². The molecule has 0 bridgehead atoms. The standard InChI is InChI=1S/C20H21N3O4/c1-3-25-17-8-4-15(5-9-17)12-23(2)19(24)13-26-18-10-6-16(7-11-18)20-22-21-14-27-20/h4-11,14H,3,12-13H2,1-2H3. The monoisotopic (exact) mass is 367 g/mol. The van der Waals surface area contributed by atoms with Crippen LogP contribution >= 0.6 is 0 Å². The highest BCUT2D eigenvalue weighted by atomic mass is 16.5. The number of benzene rings is 2. The quantitative estimate of drug-likeness (QED) is 0.609. The van der Waals surface area contributed by atoms with E-state index in [1.807, 2.05) is 31.2 Å². The normalized spacial score (nSPS) is 10.4. The number of likely N-dealkylation sites (N-methyl/N-ethyl adjacent to an activating group) is 1. The van der Waals surface area contributed by atoms with E-state index in [0.717, 1.165) is 16.9 Å². The molecular formula is C20H21N3O4. The van der Waals surface area contributed by atoms with Crippen molar-refractivity contribution in [1.82, 2.24) is 15.1 Å². The van der Waals surface area contributed by atoms with Crippen LogP contribution in [0, 0.1) is 0 Å². The van der Waals surface area contributed by atoms with Gasteiger partial charge in [-0.2, -0.15) is 0 Å². The third-order valence-corrected chi connectivity index (χ3v) is 3.90. The smallest absolute Gasteiger partial charge is 0.260 e. The Morgan fingerprint density at radius 3 is 2.33 bits per heavy atom. The highest BCUT2D eigenvalue weighted by molar-refractivity contribution is 5.77. The average Bonchev–Trinajstić information content (AvgIpc) is 3.23. The lowest BCUT2D eigenvalue weighted by atomic mass is 10.2. The number of aromatic nitrogens is 2. The first-order valence-electron chi connectivity index (χ1n) is 8.61. The van der Waals surface area contributed by atoms with E-state index in [2.05, 4.69) is 10.2 Å². The van der Waals surface area contributed by atoms with Crippen LogP contribution in [0.25, 0.3) is 11.5 Å². The molecule has 0 saturated heterocycles. The SMILES string of the molecule is CCOc1ccc(CN(C)C(=O)COc2ccc(-c3nnco3)cc2)cc1. The molecule has 0 N–H and O–H groups in total. The van der Waals surface area contributed by atoms with Gasteiger partial charge in [0.2, 0.25) is 12.3 Å². The molecule has 27 heavy (non-hydrogen) atoms. The van der Waals surface area contributed by atoms with Crippen LogP contribution in [0.4, 0.5) is 0 Å². The molecule has 0 aliphatic heterocycles. The molecule has 7 heteroatoms. The van der Waals surface area contributed by atoms with Crippen LogP contribution in [0.1, 0.15) is 12.5 Å². The fourth-order valence-electron chi connectivity index (χ4n) is 2.47. The Morgan fingerprint density at radius 2 is 1.70 bits per heavy atom. The van der Waals surface area contributed by atoms with Crippen LogP contribution in [0.2, 0.25) is 0 Å². The molecule has 3 aromatic rings. The molecule has 7 nitrogen and oxygen atoms in total. The zero-order valence-electron chi connectivity index (χ0n) is 15.3. The first-order chi connectivity index (χ1) is 13.2. The minimum atomic E-state index is -0.107. The molecule has 2 aromatic carbocycles. The largest absolute Gasteiger partial charge is 0.494 e. The first kappa shape index (κ1) is 18.4. The maximum absolute atomic E-state index is 12.3. The van der Waals surface area contributed by atoms with Gasteiger partial charge in [-0.25, -0.2) is 0 Å².